The Morgan fingerprint density at radius 3 is 2.71 bits per heavy atom. The van der Waals surface area contributed by atoms with Crippen molar-refractivity contribution in [2.24, 2.45) is 0 Å². The lowest BCUT2D eigenvalue weighted by atomic mass is 9.92. The molecule has 2 saturated heterocycles. The third-order valence-electron chi connectivity index (χ3n) is 5.04. The Morgan fingerprint density at radius 1 is 1.29 bits per heavy atom. The van der Waals surface area contributed by atoms with Crippen LogP contribution in [0.5, 0.6) is 0 Å². The van der Waals surface area contributed by atoms with Crippen LogP contribution in [0, 0.1) is 5.82 Å². The summed E-state index contributed by atoms with van der Waals surface area (Å²) in [5.74, 6) is -0.407. The highest BCUT2D eigenvalue weighted by Crippen LogP contribution is 2.33. The van der Waals surface area contributed by atoms with Crippen molar-refractivity contribution in [2.45, 2.75) is 12.0 Å². The van der Waals surface area contributed by atoms with Gasteiger partial charge < -0.3 is 14.7 Å². The molecule has 1 atom stereocenters. The van der Waals surface area contributed by atoms with Crippen molar-refractivity contribution in [3.8, 4) is 0 Å². The first-order valence-electron chi connectivity index (χ1n) is 8.06. The summed E-state index contributed by atoms with van der Waals surface area (Å²) in [5.41, 5.74) is 0.288. The molecule has 1 unspecified atom stereocenters. The molecule has 0 bridgehead atoms. The largest absolute Gasteiger partial charge is 0.331 e. The van der Waals surface area contributed by atoms with Crippen molar-refractivity contribution in [1.29, 1.82) is 0 Å². The van der Waals surface area contributed by atoms with Crippen LogP contribution in [-0.4, -0.2) is 79.5 Å². The zero-order valence-corrected chi connectivity index (χ0v) is 14.3. The van der Waals surface area contributed by atoms with E-state index in [0.29, 0.717) is 25.3 Å². The van der Waals surface area contributed by atoms with E-state index in [1.807, 2.05) is 16.8 Å². The number of urea groups is 1. The lowest BCUT2D eigenvalue weighted by Crippen LogP contribution is -2.64. The fraction of sp³-hybridized carbons (Fsp3) is 0.529. The molecule has 130 valence electrons. The number of hydrogen-bond donors (Lipinski definition) is 0. The fourth-order valence-electron chi connectivity index (χ4n) is 3.58. The maximum absolute atomic E-state index is 13.5. The highest BCUT2D eigenvalue weighted by Gasteiger charge is 2.48. The van der Waals surface area contributed by atoms with Crippen LogP contribution >= 0.6 is 0 Å². The van der Waals surface area contributed by atoms with Gasteiger partial charge in [0.05, 0.1) is 12.1 Å². The Morgan fingerprint density at radius 2 is 2.04 bits per heavy atom. The van der Waals surface area contributed by atoms with E-state index in [1.165, 1.54) is 12.1 Å². The third kappa shape index (κ3) is 2.84. The first-order chi connectivity index (χ1) is 11.3. The zero-order valence-electron chi connectivity index (χ0n) is 14.3. The smallest absolute Gasteiger partial charge is 0.319 e. The number of rotatable bonds is 1. The number of likely N-dealkylation sites (N-methyl/N-ethyl adjacent to an activating group) is 1. The summed E-state index contributed by atoms with van der Waals surface area (Å²) in [5, 5.41) is 0. The number of benzene rings is 1. The molecule has 0 N–H and O–H groups in total. The quantitative estimate of drug-likeness (QED) is 0.776. The topological polar surface area (TPSA) is 47.1 Å². The average Bonchev–Trinajstić information content (AvgIpc) is 2.95. The minimum Gasteiger partial charge on any atom is -0.331 e. The molecule has 2 heterocycles. The van der Waals surface area contributed by atoms with Crippen LogP contribution in [0.15, 0.2) is 24.3 Å². The summed E-state index contributed by atoms with van der Waals surface area (Å²) in [6.07, 6.45) is 0.794. The van der Waals surface area contributed by atoms with Crippen molar-refractivity contribution < 1.29 is 14.0 Å². The Hall–Kier alpha value is -2.15. The van der Waals surface area contributed by atoms with Crippen molar-refractivity contribution in [3.05, 3.63) is 30.1 Å². The van der Waals surface area contributed by atoms with Gasteiger partial charge in [0, 0.05) is 39.4 Å². The summed E-state index contributed by atoms with van der Waals surface area (Å²) in [7, 11) is 5.39. The van der Waals surface area contributed by atoms with Crippen LogP contribution in [0.25, 0.3) is 0 Å². The summed E-state index contributed by atoms with van der Waals surface area (Å²) < 4.78 is 13.5. The van der Waals surface area contributed by atoms with Gasteiger partial charge in [-0.15, -0.1) is 0 Å². The van der Waals surface area contributed by atoms with E-state index in [1.54, 1.807) is 36.0 Å². The van der Waals surface area contributed by atoms with Gasteiger partial charge in [-0.25, -0.2) is 9.18 Å². The standard InChI is InChI=1S/C17H23FN4O2/c1-19(2)16(24)21-8-7-17(11-21)12-22(15(23)10-20(17)3)14-6-4-5-13(18)9-14/h4-6,9H,7-8,10-12H2,1-3H3. The molecule has 7 heteroatoms. The highest BCUT2D eigenvalue weighted by atomic mass is 19.1. The van der Waals surface area contributed by atoms with Crippen LogP contribution in [0.2, 0.25) is 0 Å². The number of likely N-dealkylation sites (tertiary alicyclic amines) is 1. The van der Waals surface area contributed by atoms with Crippen LogP contribution in [-0.2, 0) is 4.79 Å². The normalized spacial score (nSPS) is 24.8. The van der Waals surface area contributed by atoms with Gasteiger partial charge >= 0.3 is 6.03 Å². The highest BCUT2D eigenvalue weighted by molar-refractivity contribution is 5.96. The van der Waals surface area contributed by atoms with Crippen molar-refractivity contribution in [2.75, 3.05) is 52.2 Å². The number of amides is 3. The van der Waals surface area contributed by atoms with E-state index in [-0.39, 0.29) is 29.8 Å². The number of carbonyl (C=O) groups excluding carboxylic acids is 2. The molecule has 1 spiro atoms. The lowest BCUT2D eigenvalue weighted by Gasteiger charge is -2.46. The van der Waals surface area contributed by atoms with Crippen molar-refractivity contribution in [3.63, 3.8) is 0 Å². The maximum atomic E-state index is 13.5. The number of anilines is 1. The Labute approximate surface area is 141 Å². The van der Waals surface area contributed by atoms with Crippen LogP contribution < -0.4 is 4.90 Å². The molecule has 1 aromatic carbocycles. The van der Waals surface area contributed by atoms with Gasteiger partial charge in [-0.1, -0.05) is 6.07 Å². The van der Waals surface area contributed by atoms with E-state index in [0.717, 1.165) is 6.42 Å². The molecular formula is C17H23FN4O2. The van der Waals surface area contributed by atoms with Gasteiger partial charge in [0.2, 0.25) is 5.91 Å². The predicted molar refractivity (Wildman–Crippen MR) is 89.4 cm³/mol. The number of piperazine rings is 1. The third-order valence-corrected chi connectivity index (χ3v) is 5.04. The van der Waals surface area contributed by atoms with Gasteiger partial charge in [0.1, 0.15) is 5.82 Å². The summed E-state index contributed by atoms with van der Waals surface area (Å²) in [6.45, 7) is 1.95. The molecule has 24 heavy (non-hydrogen) atoms. The molecule has 6 nitrogen and oxygen atoms in total. The molecule has 2 aliphatic heterocycles. The second-order valence-corrected chi connectivity index (χ2v) is 6.89. The molecule has 1 aromatic rings. The molecule has 3 rings (SSSR count). The van der Waals surface area contributed by atoms with E-state index in [9.17, 15) is 14.0 Å². The second-order valence-electron chi connectivity index (χ2n) is 6.89. The van der Waals surface area contributed by atoms with Gasteiger partial charge in [-0.2, -0.15) is 0 Å². The Kier molecular flexibility index (Phi) is 4.21. The monoisotopic (exact) mass is 334 g/mol. The van der Waals surface area contributed by atoms with Crippen molar-refractivity contribution in [1.82, 2.24) is 14.7 Å². The SMILES string of the molecule is CN(C)C(=O)N1CCC2(C1)CN(c1cccc(F)c1)C(=O)CN2C. The van der Waals surface area contributed by atoms with Crippen LogP contribution in [0.3, 0.4) is 0 Å². The van der Waals surface area contributed by atoms with Gasteiger partial charge in [0.15, 0.2) is 0 Å². The van der Waals surface area contributed by atoms with Gasteiger partial charge in [-0.3, -0.25) is 9.69 Å². The predicted octanol–water partition coefficient (Wildman–Crippen LogP) is 1.23. The fourth-order valence-corrected chi connectivity index (χ4v) is 3.58. The van der Waals surface area contributed by atoms with E-state index < -0.39 is 0 Å². The van der Waals surface area contributed by atoms with Crippen LogP contribution in [0.1, 0.15) is 6.42 Å². The van der Waals surface area contributed by atoms with E-state index in [4.69, 9.17) is 0 Å². The molecule has 0 radical (unpaired) electrons. The maximum Gasteiger partial charge on any atom is 0.319 e. The first kappa shape index (κ1) is 16.7. The van der Waals surface area contributed by atoms with Gasteiger partial charge in [-0.05, 0) is 31.7 Å². The van der Waals surface area contributed by atoms with Crippen molar-refractivity contribution >= 4 is 17.6 Å². The molecule has 3 amide bonds. The second kappa shape index (κ2) is 6.05. The number of halogens is 1. The molecular weight excluding hydrogens is 311 g/mol. The molecule has 0 aliphatic carbocycles. The van der Waals surface area contributed by atoms with Crippen LogP contribution in [0.4, 0.5) is 14.9 Å². The summed E-state index contributed by atoms with van der Waals surface area (Å²) >= 11 is 0. The molecule has 0 saturated carbocycles. The minimum atomic E-state index is -0.357. The lowest BCUT2D eigenvalue weighted by molar-refractivity contribution is -0.123. The minimum absolute atomic E-state index is 0.0190. The number of hydrogen-bond acceptors (Lipinski definition) is 3. The zero-order chi connectivity index (χ0) is 17.5. The molecule has 2 fully saturated rings. The molecule has 0 aromatic heterocycles. The van der Waals surface area contributed by atoms with E-state index in [2.05, 4.69) is 0 Å². The first-order valence-corrected chi connectivity index (χ1v) is 8.06. The summed E-state index contributed by atoms with van der Waals surface area (Å²) in [4.78, 5) is 31.8. The Bertz CT molecular complexity index is 666. The summed E-state index contributed by atoms with van der Waals surface area (Å²) in [6, 6.07) is 6.09. The van der Waals surface area contributed by atoms with Gasteiger partial charge in [0.25, 0.3) is 0 Å². The molecule has 2 aliphatic rings. The number of nitrogens with zero attached hydrogens (tertiary/aromatic N) is 4. The van der Waals surface area contributed by atoms with E-state index >= 15 is 0 Å². The Balaban J connectivity index is 1.84. The average molecular weight is 334 g/mol. The number of carbonyl (C=O) groups is 2.